The summed E-state index contributed by atoms with van der Waals surface area (Å²) in [5.74, 6) is 1.38. The van der Waals surface area contributed by atoms with Gasteiger partial charge in [0.2, 0.25) is 0 Å². The molecule has 0 atom stereocenters. The van der Waals surface area contributed by atoms with Crippen molar-refractivity contribution in [3.8, 4) is 17.6 Å². The van der Waals surface area contributed by atoms with E-state index in [2.05, 4.69) is 32.9 Å². The number of benzene rings is 2. The summed E-state index contributed by atoms with van der Waals surface area (Å²) in [5, 5.41) is 9.60. The smallest absolute Gasteiger partial charge is 0.137 e. The predicted molar refractivity (Wildman–Crippen MR) is 92.3 cm³/mol. The van der Waals surface area contributed by atoms with Crippen LogP contribution in [0.2, 0.25) is 5.02 Å². The van der Waals surface area contributed by atoms with Crippen molar-refractivity contribution in [2.45, 2.75) is 26.2 Å². The Morgan fingerprint density at radius 2 is 1.65 bits per heavy atom. The molecule has 0 amide bonds. The molecule has 0 aromatic heterocycles. The highest BCUT2D eigenvalue weighted by Crippen LogP contribution is 2.31. The summed E-state index contributed by atoms with van der Waals surface area (Å²) in [5.41, 5.74) is 1.60. The third kappa shape index (κ3) is 4.64. The van der Waals surface area contributed by atoms with Gasteiger partial charge in [-0.05, 0) is 35.2 Å². The summed E-state index contributed by atoms with van der Waals surface area (Å²) in [6.45, 7) is 7.21. The van der Waals surface area contributed by atoms with Crippen LogP contribution in [0, 0.1) is 11.3 Å². The molecule has 0 saturated heterocycles. The third-order valence-corrected chi connectivity index (χ3v) is 3.59. The van der Waals surface area contributed by atoms with E-state index >= 15 is 0 Å². The number of nitriles is 1. The molecule has 120 valence electrons. The van der Waals surface area contributed by atoms with Crippen LogP contribution in [-0.4, -0.2) is 13.2 Å². The molecule has 0 fully saturated rings. The van der Waals surface area contributed by atoms with Gasteiger partial charge in [0.05, 0.1) is 5.56 Å². The van der Waals surface area contributed by atoms with Gasteiger partial charge in [0.25, 0.3) is 0 Å². The average molecular weight is 330 g/mol. The normalized spacial score (nSPS) is 10.9. The Kier molecular flexibility index (Phi) is 5.52. The van der Waals surface area contributed by atoms with Crippen molar-refractivity contribution in [2.75, 3.05) is 13.2 Å². The predicted octanol–water partition coefficient (Wildman–Crippen LogP) is 4.97. The Morgan fingerprint density at radius 1 is 1.00 bits per heavy atom. The lowest BCUT2D eigenvalue weighted by molar-refractivity contribution is 0.214. The van der Waals surface area contributed by atoms with Crippen LogP contribution in [0.3, 0.4) is 0 Å². The van der Waals surface area contributed by atoms with E-state index in [1.807, 2.05) is 18.2 Å². The average Bonchev–Trinajstić information content (AvgIpc) is 2.52. The van der Waals surface area contributed by atoms with E-state index in [4.69, 9.17) is 26.3 Å². The summed E-state index contributed by atoms with van der Waals surface area (Å²) in [6.07, 6.45) is 0. The number of hydrogen-bond donors (Lipinski definition) is 0. The van der Waals surface area contributed by atoms with E-state index in [9.17, 15) is 0 Å². The molecule has 0 aliphatic carbocycles. The Morgan fingerprint density at radius 3 is 2.30 bits per heavy atom. The summed E-state index contributed by atoms with van der Waals surface area (Å²) in [7, 11) is 0. The third-order valence-electron chi connectivity index (χ3n) is 3.36. The molecule has 4 heteroatoms. The van der Waals surface area contributed by atoms with Crippen molar-refractivity contribution in [3.05, 3.63) is 58.6 Å². The highest BCUT2D eigenvalue weighted by atomic mass is 35.5. The lowest BCUT2D eigenvalue weighted by atomic mass is 9.86. The van der Waals surface area contributed by atoms with Crippen LogP contribution < -0.4 is 9.47 Å². The minimum atomic E-state index is 0.0155. The fourth-order valence-electron chi connectivity index (χ4n) is 2.23. The molecule has 2 aromatic rings. The van der Waals surface area contributed by atoms with Crippen molar-refractivity contribution >= 4 is 11.6 Å². The van der Waals surface area contributed by atoms with E-state index in [1.165, 1.54) is 0 Å². The monoisotopic (exact) mass is 329 g/mol. The van der Waals surface area contributed by atoms with Crippen molar-refractivity contribution in [1.29, 1.82) is 5.26 Å². The van der Waals surface area contributed by atoms with Crippen LogP contribution in [0.5, 0.6) is 11.5 Å². The topological polar surface area (TPSA) is 42.2 Å². The number of para-hydroxylation sites is 1. The van der Waals surface area contributed by atoms with Crippen LogP contribution in [0.25, 0.3) is 0 Å². The van der Waals surface area contributed by atoms with Gasteiger partial charge in [-0.25, -0.2) is 0 Å². The molecule has 0 radical (unpaired) electrons. The highest BCUT2D eigenvalue weighted by molar-refractivity contribution is 6.30. The molecule has 0 aliphatic heterocycles. The molecular weight excluding hydrogens is 310 g/mol. The second-order valence-corrected chi connectivity index (χ2v) is 6.63. The molecule has 23 heavy (non-hydrogen) atoms. The maximum atomic E-state index is 9.08. The van der Waals surface area contributed by atoms with Gasteiger partial charge in [-0.3, -0.25) is 0 Å². The molecule has 0 heterocycles. The summed E-state index contributed by atoms with van der Waals surface area (Å²) < 4.78 is 11.5. The summed E-state index contributed by atoms with van der Waals surface area (Å²) in [4.78, 5) is 0. The zero-order valence-corrected chi connectivity index (χ0v) is 14.4. The second-order valence-electron chi connectivity index (χ2n) is 6.20. The first-order valence-electron chi connectivity index (χ1n) is 7.46. The molecule has 2 aromatic carbocycles. The van der Waals surface area contributed by atoms with Crippen LogP contribution >= 0.6 is 11.6 Å². The van der Waals surface area contributed by atoms with Gasteiger partial charge in [0, 0.05) is 5.02 Å². The Hall–Kier alpha value is -2.18. The Bertz CT molecular complexity index is 714. The van der Waals surface area contributed by atoms with Gasteiger partial charge in [-0.1, -0.05) is 50.6 Å². The molecule has 0 saturated carbocycles. The zero-order chi connectivity index (χ0) is 16.9. The molecule has 0 unspecified atom stereocenters. The lowest BCUT2D eigenvalue weighted by Crippen LogP contribution is -2.16. The molecule has 0 spiro atoms. The number of hydrogen-bond acceptors (Lipinski definition) is 3. The van der Waals surface area contributed by atoms with E-state index in [0.717, 1.165) is 11.3 Å². The van der Waals surface area contributed by atoms with Crippen molar-refractivity contribution < 1.29 is 9.47 Å². The first-order valence-corrected chi connectivity index (χ1v) is 7.84. The number of halogens is 1. The minimum Gasteiger partial charge on any atom is -0.490 e. The molecular formula is C19H20ClNO2. The van der Waals surface area contributed by atoms with E-state index in [-0.39, 0.29) is 5.41 Å². The number of ether oxygens (including phenoxy) is 2. The van der Waals surface area contributed by atoms with Gasteiger partial charge in [-0.15, -0.1) is 0 Å². The van der Waals surface area contributed by atoms with Gasteiger partial charge < -0.3 is 9.47 Å². The van der Waals surface area contributed by atoms with Crippen LogP contribution in [0.1, 0.15) is 31.9 Å². The first kappa shape index (κ1) is 17.2. The van der Waals surface area contributed by atoms with Crippen LogP contribution in [-0.2, 0) is 5.41 Å². The van der Waals surface area contributed by atoms with E-state index < -0.39 is 0 Å². The first-order chi connectivity index (χ1) is 10.9. The van der Waals surface area contributed by atoms with Crippen LogP contribution in [0.15, 0.2) is 42.5 Å². The zero-order valence-electron chi connectivity index (χ0n) is 13.6. The van der Waals surface area contributed by atoms with Crippen LogP contribution in [0.4, 0.5) is 0 Å². The maximum Gasteiger partial charge on any atom is 0.137 e. The quantitative estimate of drug-likeness (QED) is 0.727. The highest BCUT2D eigenvalue weighted by Gasteiger charge is 2.18. The van der Waals surface area contributed by atoms with Gasteiger partial charge in [-0.2, -0.15) is 5.26 Å². The Balaban J connectivity index is 1.96. The fourth-order valence-corrected chi connectivity index (χ4v) is 2.40. The van der Waals surface area contributed by atoms with Crippen molar-refractivity contribution in [2.24, 2.45) is 0 Å². The Labute approximate surface area is 142 Å². The molecule has 2 rings (SSSR count). The fraction of sp³-hybridized carbons (Fsp3) is 0.316. The second kappa shape index (κ2) is 7.39. The van der Waals surface area contributed by atoms with Crippen molar-refractivity contribution in [1.82, 2.24) is 0 Å². The standard InChI is InChI=1S/C19H20ClNO2/c1-19(2,3)16-6-4-5-7-18(16)23-11-10-22-17-9-8-15(20)12-14(17)13-21/h4-9,12H,10-11H2,1-3H3. The van der Waals surface area contributed by atoms with E-state index in [1.54, 1.807) is 18.2 Å². The van der Waals surface area contributed by atoms with Gasteiger partial charge >= 0.3 is 0 Å². The lowest BCUT2D eigenvalue weighted by Gasteiger charge is -2.22. The van der Waals surface area contributed by atoms with Gasteiger partial charge in [0.15, 0.2) is 0 Å². The minimum absolute atomic E-state index is 0.0155. The number of rotatable bonds is 5. The molecule has 0 aliphatic rings. The molecule has 0 N–H and O–H groups in total. The SMILES string of the molecule is CC(C)(C)c1ccccc1OCCOc1ccc(Cl)cc1C#N. The number of nitrogens with zero attached hydrogens (tertiary/aromatic N) is 1. The maximum absolute atomic E-state index is 9.08. The largest absolute Gasteiger partial charge is 0.490 e. The van der Waals surface area contributed by atoms with Gasteiger partial charge in [0.1, 0.15) is 30.8 Å². The van der Waals surface area contributed by atoms with E-state index in [0.29, 0.717) is 29.5 Å². The summed E-state index contributed by atoms with van der Waals surface area (Å²) in [6, 6.07) is 15.1. The molecule has 0 bridgehead atoms. The summed E-state index contributed by atoms with van der Waals surface area (Å²) >= 11 is 5.87. The van der Waals surface area contributed by atoms with Crippen molar-refractivity contribution in [3.63, 3.8) is 0 Å². The molecule has 3 nitrogen and oxygen atoms in total.